The zero-order chi connectivity index (χ0) is 13.5. The van der Waals surface area contributed by atoms with Gasteiger partial charge in [0.25, 0.3) is 0 Å². The average Bonchev–Trinajstić information content (AvgIpc) is 3.03. The first-order chi connectivity index (χ1) is 9.83. The lowest BCUT2D eigenvalue weighted by Gasteiger charge is -2.08. The van der Waals surface area contributed by atoms with Crippen molar-refractivity contribution in [2.24, 2.45) is 0 Å². The monoisotopic (exact) mass is 261 g/mol. The number of aromatic amines is 1. The number of nitrogens with one attached hydrogen (secondary N) is 2. The number of anilines is 1. The van der Waals surface area contributed by atoms with E-state index in [4.69, 9.17) is 0 Å². The molecule has 2 heterocycles. The van der Waals surface area contributed by atoms with Crippen LogP contribution in [0.1, 0.15) is 5.56 Å². The lowest BCUT2D eigenvalue weighted by atomic mass is 10.2. The molecular formula is C17H15N3. The summed E-state index contributed by atoms with van der Waals surface area (Å²) in [7, 11) is 0. The van der Waals surface area contributed by atoms with Gasteiger partial charge in [-0.3, -0.25) is 10.1 Å². The van der Waals surface area contributed by atoms with Crippen LogP contribution in [0.25, 0.3) is 21.8 Å². The van der Waals surface area contributed by atoms with Crippen LogP contribution in [-0.2, 0) is 0 Å². The van der Waals surface area contributed by atoms with Crippen LogP contribution in [-0.4, -0.2) is 9.66 Å². The molecule has 0 spiro atoms. The van der Waals surface area contributed by atoms with E-state index >= 15 is 0 Å². The van der Waals surface area contributed by atoms with Gasteiger partial charge < -0.3 is 4.98 Å². The number of H-pyrrole nitrogens is 1. The van der Waals surface area contributed by atoms with Crippen molar-refractivity contribution < 1.29 is 0 Å². The molecule has 0 atom stereocenters. The number of aryl methyl sites for hydroxylation is 1. The van der Waals surface area contributed by atoms with Crippen molar-refractivity contribution in [2.75, 3.05) is 5.43 Å². The fourth-order valence-electron chi connectivity index (χ4n) is 2.74. The second-order valence-corrected chi connectivity index (χ2v) is 5.06. The highest BCUT2D eigenvalue weighted by Gasteiger charge is 2.07. The minimum Gasteiger partial charge on any atom is -0.359 e. The van der Waals surface area contributed by atoms with E-state index in [9.17, 15) is 0 Å². The predicted octanol–water partition coefficient (Wildman–Crippen LogP) is 4.31. The molecule has 0 saturated heterocycles. The maximum Gasteiger partial charge on any atom is 0.0799 e. The van der Waals surface area contributed by atoms with E-state index in [0.717, 1.165) is 11.2 Å². The summed E-state index contributed by atoms with van der Waals surface area (Å²) < 4.78 is 2.08. The largest absolute Gasteiger partial charge is 0.359 e. The van der Waals surface area contributed by atoms with Crippen molar-refractivity contribution in [1.29, 1.82) is 0 Å². The number of nitrogens with zero attached hydrogens (tertiary/aromatic N) is 1. The van der Waals surface area contributed by atoms with Crippen molar-refractivity contribution in [3.8, 4) is 0 Å². The van der Waals surface area contributed by atoms with Gasteiger partial charge in [0, 0.05) is 28.7 Å². The Morgan fingerprint density at radius 3 is 2.60 bits per heavy atom. The van der Waals surface area contributed by atoms with Crippen LogP contribution < -0.4 is 5.43 Å². The Kier molecular flexibility index (Phi) is 2.33. The molecule has 2 N–H and O–H groups in total. The Labute approximate surface area is 116 Å². The van der Waals surface area contributed by atoms with Crippen LogP contribution in [0.15, 0.2) is 60.9 Å². The fourth-order valence-corrected chi connectivity index (χ4v) is 2.74. The summed E-state index contributed by atoms with van der Waals surface area (Å²) in [5.41, 5.74) is 8.16. The molecule has 3 heteroatoms. The number of rotatable bonds is 2. The number of benzene rings is 2. The molecule has 2 aromatic heterocycles. The summed E-state index contributed by atoms with van der Waals surface area (Å²) in [4.78, 5) is 3.29. The van der Waals surface area contributed by atoms with E-state index in [0.29, 0.717) is 0 Å². The van der Waals surface area contributed by atoms with Crippen LogP contribution in [0, 0.1) is 6.92 Å². The Hall–Kier alpha value is -2.68. The van der Waals surface area contributed by atoms with Crippen LogP contribution in [0.3, 0.4) is 0 Å². The van der Waals surface area contributed by atoms with Crippen LogP contribution in [0.5, 0.6) is 0 Å². The van der Waals surface area contributed by atoms with E-state index in [1.165, 1.54) is 21.9 Å². The average molecular weight is 261 g/mol. The Bertz CT molecular complexity index is 899. The van der Waals surface area contributed by atoms with Gasteiger partial charge in [-0.15, -0.1) is 0 Å². The molecule has 98 valence electrons. The van der Waals surface area contributed by atoms with Crippen molar-refractivity contribution in [1.82, 2.24) is 9.66 Å². The number of aromatic nitrogens is 2. The molecule has 2 aromatic carbocycles. The highest BCUT2D eigenvalue weighted by Crippen LogP contribution is 2.25. The van der Waals surface area contributed by atoms with Crippen LogP contribution in [0.4, 0.5) is 5.69 Å². The van der Waals surface area contributed by atoms with Gasteiger partial charge in [-0.2, -0.15) is 0 Å². The smallest absolute Gasteiger partial charge is 0.0799 e. The molecule has 0 aliphatic heterocycles. The lowest BCUT2D eigenvalue weighted by molar-refractivity contribution is 1.01. The molecule has 0 unspecified atom stereocenters. The van der Waals surface area contributed by atoms with Gasteiger partial charge in [-0.05, 0) is 24.6 Å². The van der Waals surface area contributed by atoms with E-state index in [1.54, 1.807) is 0 Å². The Balaban J connectivity index is 1.85. The summed E-state index contributed by atoms with van der Waals surface area (Å²) in [5.74, 6) is 0. The van der Waals surface area contributed by atoms with Crippen molar-refractivity contribution >= 4 is 27.5 Å². The minimum atomic E-state index is 1.08. The summed E-state index contributed by atoms with van der Waals surface area (Å²) in [6.45, 7) is 2.13. The molecule has 0 aliphatic rings. The molecular weight excluding hydrogens is 246 g/mol. The van der Waals surface area contributed by atoms with Crippen molar-refractivity contribution in [2.45, 2.75) is 6.92 Å². The number of hydrogen-bond donors (Lipinski definition) is 2. The third-order valence-corrected chi connectivity index (χ3v) is 3.74. The van der Waals surface area contributed by atoms with Crippen LogP contribution >= 0.6 is 0 Å². The summed E-state index contributed by atoms with van der Waals surface area (Å²) >= 11 is 0. The zero-order valence-corrected chi connectivity index (χ0v) is 11.2. The number of hydrogen-bond acceptors (Lipinski definition) is 1. The Morgan fingerprint density at radius 1 is 0.950 bits per heavy atom. The molecule has 0 saturated carbocycles. The molecule has 4 rings (SSSR count). The maximum atomic E-state index is 3.48. The molecule has 0 bridgehead atoms. The molecule has 0 fully saturated rings. The zero-order valence-electron chi connectivity index (χ0n) is 11.2. The fraction of sp³-hybridized carbons (Fsp3) is 0.0588. The third-order valence-electron chi connectivity index (χ3n) is 3.74. The van der Waals surface area contributed by atoms with Gasteiger partial charge >= 0.3 is 0 Å². The first-order valence-corrected chi connectivity index (χ1v) is 6.73. The predicted molar refractivity (Wildman–Crippen MR) is 84.0 cm³/mol. The molecule has 0 aliphatic carbocycles. The quantitative estimate of drug-likeness (QED) is 0.554. The highest BCUT2D eigenvalue weighted by atomic mass is 15.4. The van der Waals surface area contributed by atoms with Gasteiger partial charge in [0.1, 0.15) is 0 Å². The lowest BCUT2D eigenvalue weighted by Crippen LogP contribution is -2.06. The summed E-state index contributed by atoms with van der Waals surface area (Å²) in [6.07, 6.45) is 4.14. The molecule has 4 aromatic rings. The maximum absolute atomic E-state index is 3.48. The van der Waals surface area contributed by atoms with Gasteiger partial charge in [-0.25, -0.2) is 0 Å². The minimum absolute atomic E-state index is 1.08. The molecule has 3 nitrogen and oxygen atoms in total. The summed E-state index contributed by atoms with van der Waals surface area (Å²) in [5, 5.41) is 2.47. The van der Waals surface area contributed by atoms with E-state index < -0.39 is 0 Å². The van der Waals surface area contributed by atoms with Gasteiger partial charge in [0.05, 0.1) is 11.2 Å². The van der Waals surface area contributed by atoms with E-state index in [1.807, 2.05) is 12.3 Å². The number of fused-ring (bicyclic) bond motifs is 2. The van der Waals surface area contributed by atoms with Crippen molar-refractivity contribution in [3.05, 3.63) is 66.5 Å². The topological polar surface area (TPSA) is 32.8 Å². The first-order valence-electron chi connectivity index (χ1n) is 6.73. The molecule has 20 heavy (non-hydrogen) atoms. The molecule has 0 amide bonds. The van der Waals surface area contributed by atoms with Gasteiger partial charge in [-0.1, -0.05) is 36.4 Å². The first kappa shape index (κ1) is 11.2. The molecule has 0 radical (unpaired) electrons. The standard InChI is InChI=1S/C17H15N3/c1-12-11-20(17-9-5-3-6-13(12)17)19-16-10-18-15-8-4-2-7-14(15)16/h2-11,18-19H,1H3. The number of para-hydroxylation sites is 2. The van der Waals surface area contributed by atoms with E-state index in [2.05, 4.69) is 70.7 Å². The highest BCUT2D eigenvalue weighted by molar-refractivity contribution is 5.93. The second-order valence-electron chi connectivity index (χ2n) is 5.06. The van der Waals surface area contributed by atoms with E-state index in [-0.39, 0.29) is 0 Å². The van der Waals surface area contributed by atoms with Crippen LogP contribution in [0.2, 0.25) is 0 Å². The van der Waals surface area contributed by atoms with Gasteiger partial charge in [0.15, 0.2) is 0 Å². The van der Waals surface area contributed by atoms with Gasteiger partial charge in [0.2, 0.25) is 0 Å². The second kappa shape index (κ2) is 4.17. The Morgan fingerprint density at radius 2 is 1.70 bits per heavy atom. The third kappa shape index (κ3) is 1.60. The SMILES string of the molecule is Cc1cn(Nc2c[nH]c3ccccc23)c2ccccc12. The van der Waals surface area contributed by atoms with Crippen molar-refractivity contribution in [3.63, 3.8) is 0 Å². The summed E-state index contributed by atoms with van der Waals surface area (Å²) in [6, 6.07) is 16.7. The normalized spacial score (nSPS) is 11.2.